The van der Waals surface area contributed by atoms with E-state index in [9.17, 15) is 4.79 Å². The molecule has 2 heteroatoms. The third-order valence-corrected chi connectivity index (χ3v) is 3.12. The van der Waals surface area contributed by atoms with Crippen molar-refractivity contribution >= 4 is 5.78 Å². The van der Waals surface area contributed by atoms with Gasteiger partial charge >= 0.3 is 0 Å². The second-order valence-corrected chi connectivity index (χ2v) is 3.96. The maximum Gasteiger partial charge on any atom is 0.144 e. The van der Waals surface area contributed by atoms with Crippen molar-refractivity contribution in [2.75, 3.05) is 6.54 Å². The lowest BCUT2D eigenvalue weighted by atomic mass is 9.70. The second kappa shape index (κ2) is 4.56. The topological polar surface area (TPSA) is 43.1 Å². The number of carbonyl (C=O) groups excluding carboxylic acids is 1. The van der Waals surface area contributed by atoms with Gasteiger partial charge in [-0.15, -0.1) is 6.58 Å². The molecule has 0 aromatic carbocycles. The molecule has 13 heavy (non-hydrogen) atoms. The molecule has 1 saturated carbocycles. The molecule has 1 fully saturated rings. The van der Waals surface area contributed by atoms with Crippen molar-refractivity contribution in [3.63, 3.8) is 0 Å². The summed E-state index contributed by atoms with van der Waals surface area (Å²) in [5.41, 5.74) is 5.51. The first kappa shape index (κ1) is 10.5. The fourth-order valence-electron chi connectivity index (χ4n) is 2.17. The smallest absolute Gasteiger partial charge is 0.144 e. The van der Waals surface area contributed by atoms with Gasteiger partial charge in [-0.25, -0.2) is 0 Å². The van der Waals surface area contributed by atoms with Crippen LogP contribution in [0.1, 0.15) is 38.5 Å². The fraction of sp³-hybridized carbons (Fsp3) is 0.727. The Balaban J connectivity index is 2.66. The molecule has 0 aromatic heterocycles. The van der Waals surface area contributed by atoms with Crippen LogP contribution in [0.25, 0.3) is 0 Å². The molecule has 1 aliphatic carbocycles. The summed E-state index contributed by atoms with van der Waals surface area (Å²) in [6.45, 7) is 4.11. The van der Waals surface area contributed by atoms with Crippen LogP contribution in [0.2, 0.25) is 0 Å². The lowest BCUT2D eigenvalue weighted by molar-refractivity contribution is -0.129. The van der Waals surface area contributed by atoms with E-state index in [0.717, 1.165) is 25.7 Å². The maximum atomic E-state index is 11.8. The summed E-state index contributed by atoms with van der Waals surface area (Å²) in [6.07, 6.45) is 7.70. The van der Waals surface area contributed by atoms with Crippen molar-refractivity contribution in [1.82, 2.24) is 0 Å². The van der Waals surface area contributed by atoms with Gasteiger partial charge in [-0.05, 0) is 12.8 Å². The van der Waals surface area contributed by atoms with Crippen molar-refractivity contribution in [2.45, 2.75) is 38.5 Å². The Morgan fingerprint density at radius 1 is 1.38 bits per heavy atom. The first-order valence-corrected chi connectivity index (χ1v) is 5.09. The molecule has 0 saturated heterocycles. The van der Waals surface area contributed by atoms with E-state index in [1.807, 2.05) is 0 Å². The van der Waals surface area contributed by atoms with Crippen LogP contribution in [0.3, 0.4) is 0 Å². The van der Waals surface area contributed by atoms with Crippen molar-refractivity contribution in [2.24, 2.45) is 11.1 Å². The zero-order chi connectivity index (χ0) is 9.73. The summed E-state index contributed by atoms with van der Waals surface area (Å²) >= 11 is 0. The number of allylic oxidation sites excluding steroid dienone is 1. The Labute approximate surface area is 80.2 Å². The van der Waals surface area contributed by atoms with Crippen LogP contribution in [0.5, 0.6) is 0 Å². The highest BCUT2D eigenvalue weighted by atomic mass is 16.1. The van der Waals surface area contributed by atoms with Crippen molar-refractivity contribution in [1.29, 1.82) is 0 Å². The van der Waals surface area contributed by atoms with Gasteiger partial charge < -0.3 is 5.73 Å². The molecular formula is C11H19NO. The minimum absolute atomic E-state index is 0.202. The molecule has 0 spiro atoms. The number of hydrogen-bond acceptors (Lipinski definition) is 2. The van der Waals surface area contributed by atoms with E-state index in [1.165, 1.54) is 6.42 Å². The molecule has 1 aliphatic rings. The first-order valence-electron chi connectivity index (χ1n) is 5.09. The second-order valence-electron chi connectivity index (χ2n) is 3.96. The van der Waals surface area contributed by atoms with E-state index in [4.69, 9.17) is 5.73 Å². The molecule has 74 valence electrons. The molecule has 0 amide bonds. The van der Waals surface area contributed by atoms with E-state index in [2.05, 4.69) is 6.58 Å². The average molecular weight is 181 g/mol. The van der Waals surface area contributed by atoms with Crippen LogP contribution in [0.4, 0.5) is 0 Å². The molecule has 0 unspecified atom stereocenters. The van der Waals surface area contributed by atoms with Gasteiger partial charge in [-0.3, -0.25) is 4.79 Å². The van der Waals surface area contributed by atoms with Gasteiger partial charge in [0.05, 0.1) is 0 Å². The van der Waals surface area contributed by atoms with Crippen LogP contribution in [-0.2, 0) is 4.79 Å². The molecule has 1 rings (SSSR count). The van der Waals surface area contributed by atoms with Gasteiger partial charge in [0.2, 0.25) is 0 Å². The highest BCUT2D eigenvalue weighted by molar-refractivity contribution is 5.86. The summed E-state index contributed by atoms with van der Waals surface area (Å²) < 4.78 is 0. The van der Waals surface area contributed by atoms with Crippen LogP contribution < -0.4 is 5.73 Å². The van der Waals surface area contributed by atoms with Crippen LogP contribution in [0.15, 0.2) is 12.7 Å². The lowest BCUT2D eigenvalue weighted by Gasteiger charge is -2.34. The SMILES string of the molecule is C=CCC(=O)C1(CN)CCCCC1. The maximum absolute atomic E-state index is 11.8. The predicted molar refractivity (Wildman–Crippen MR) is 54.4 cm³/mol. The fourth-order valence-corrected chi connectivity index (χ4v) is 2.17. The predicted octanol–water partition coefficient (Wildman–Crippen LogP) is 2.04. The highest BCUT2D eigenvalue weighted by Crippen LogP contribution is 2.36. The van der Waals surface area contributed by atoms with Gasteiger partial charge in [0.1, 0.15) is 5.78 Å². The van der Waals surface area contributed by atoms with E-state index in [0.29, 0.717) is 18.7 Å². The summed E-state index contributed by atoms with van der Waals surface area (Å²) in [6, 6.07) is 0. The van der Waals surface area contributed by atoms with E-state index in [1.54, 1.807) is 6.08 Å². The molecule has 2 N–H and O–H groups in total. The summed E-state index contributed by atoms with van der Waals surface area (Å²) in [5.74, 6) is 0.296. The van der Waals surface area contributed by atoms with E-state index >= 15 is 0 Å². The van der Waals surface area contributed by atoms with Gasteiger partial charge in [-0.2, -0.15) is 0 Å². The third-order valence-electron chi connectivity index (χ3n) is 3.12. The number of nitrogens with two attached hydrogens (primary N) is 1. The Morgan fingerprint density at radius 2 is 2.00 bits per heavy atom. The highest BCUT2D eigenvalue weighted by Gasteiger charge is 2.36. The third kappa shape index (κ3) is 2.19. The Bertz CT molecular complexity index is 192. The standard InChI is InChI=1S/C11H19NO/c1-2-6-10(13)11(9-12)7-4-3-5-8-11/h2H,1,3-9,12H2. The first-order chi connectivity index (χ1) is 6.25. The Kier molecular flexibility index (Phi) is 3.67. The van der Waals surface area contributed by atoms with Crippen LogP contribution >= 0.6 is 0 Å². The quantitative estimate of drug-likeness (QED) is 0.674. The Hall–Kier alpha value is -0.630. The normalized spacial score (nSPS) is 21.0. The van der Waals surface area contributed by atoms with Crippen LogP contribution in [0, 0.1) is 5.41 Å². The average Bonchev–Trinajstić information content (AvgIpc) is 2.19. The van der Waals surface area contributed by atoms with Crippen molar-refractivity contribution < 1.29 is 4.79 Å². The van der Waals surface area contributed by atoms with Gasteiger partial charge in [-0.1, -0.05) is 25.3 Å². The zero-order valence-corrected chi connectivity index (χ0v) is 8.22. The minimum atomic E-state index is -0.202. The number of hydrogen-bond donors (Lipinski definition) is 1. The molecular weight excluding hydrogens is 162 g/mol. The van der Waals surface area contributed by atoms with E-state index in [-0.39, 0.29) is 5.41 Å². The molecule has 0 heterocycles. The molecule has 0 atom stereocenters. The number of ketones is 1. The lowest BCUT2D eigenvalue weighted by Crippen LogP contribution is -2.40. The Morgan fingerprint density at radius 3 is 2.46 bits per heavy atom. The van der Waals surface area contributed by atoms with E-state index < -0.39 is 0 Å². The minimum Gasteiger partial charge on any atom is -0.329 e. The molecule has 0 aromatic rings. The molecule has 2 nitrogen and oxygen atoms in total. The summed E-state index contributed by atoms with van der Waals surface area (Å²) in [7, 11) is 0. The van der Waals surface area contributed by atoms with Crippen LogP contribution in [-0.4, -0.2) is 12.3 Å². The largest absolute Gasteiger partial charge is 0.329 e. The zero-order valence-electron chi connectivity index (χ0n) is 8.22. The molecule has 0 aliphatic heterocycles. The number of carbonyl (C=O) groups is 1. The van der Waals surface area contributed by atoms with Crippen molar-refractivity contribution in [3.05, 3.63) is 12.7 Å². The number of rotatable bonds is 4. The molecule has 0 radical (unpaired) electrons. The molecule has 0 bridgehead atoms. The summed E-state index contributed by atoms with van der Waals surface area (Å²) in [5, 5.41) is 0. The van der Waals surface area contributed by atoms with Gasteiger partial charge in [0, 0.05) is 18.4 Å². The van der Waals surface area contributed by atoms with Gasteiger partial charge in [0.25, 0.3) is 0 Å². The monoisotopic (exact) mass is 181 g/mol. The summed E-state index contributed by atoms with van der Waals surface area (Å²) in [4.78, 5) is 11.8. The van der Waals surface area contributed by atoms with Crippen molar-refractivity contribution in [3.8, 4) is 0 Å². The van der Waals surface area contributed by atoms with Gasteiger partial charge in [0.15, 0.2) is 0 Å². The number of Topliss-reactive ketones (excluding diaryl/α,β-unsaturated/α-hetero) is 1.